The molecule has 2 N–H and O–H groups in total. The van der Waals surface area contributed by atoms with Crippen LogP contribution in [0.25, 0.3) is 5.69 Å². The number of anilines is 1. The fraction of sp³-hybridized carbons (Fsp3) is 0.120. The van der Waals surface area contributed by atoms with Crippen LogP contribution in [0.1, 0.15) is 27.0 Å². The van der Waals surface area contributed by atoms with Crippen molar-refractivity contribution < 1.29 is 14.3 Å². The summed E-state index contributed by atoms with van der Waals surface area (Å²) in [5, 5.41) is 6.45. The van der Waals surface area contributed by atoms with Gasteiger partial charge >= 0.3 is 0 Å². The first-order valence-corrected chi connectivity index (χ1v) is 11.6. The van der Waals surface area contributed by atoms with E-state index in [4.69, 9.17) is 21.7 Å². The summed E-state index contributed by atoms with van der Waals surface area (Å²) >= 11 is 6.85. The summed E-state index contributed by atoms with van der Waals surface area (Å²) in [7, 11) is 1.60. The molecule has 0 bridgehead atoms. The van der Waals surface area contributed by atoms with E-state index in [2.05, 4.69) is 10.6 Å². The van der Waals surface area contributed by atoms with Gasteiger partial charge in [-0.2, -0.15) is 0 Å². The number of ether oxygens (including phenoxy) is 2. The number of carbonyl (C=O) groups is 1. The zero-order chi connectivity index (χ0) is 22.8. The van der Waals surface area contributed by atoms with Gasteiger partial charge in [-0.3, -0.25) is 9.36 Å². The summed E-state index contributed by atoms with van der Waals surface area (Å²) in [5.41, 5.74) is 2.82. The number of para-hydroxylation sites is 1. The third-order valence-electron chi connectivity index (χ3n) is 5.35. The van der Waals surface area contributed by atoms with Crippen LogP contribution in [0.3, 0.4) is 0 Å². The molecule has 33 heavy (non-hydrogen) atoms. The highest BCUT2D eigenvalue weighted by Crippen LogP contribution is 2.36. The van der Waals surface area contributed by atoms with Gasteiger partial charge < -0.3 is 20.1 Å². The Bertz CT molecular complexity index is 1350. The van der Waals surface area contributed by atoms with Crippen LogP contribution in [-0.2, 0) is 6.61 Å². The van der Waals surface area contributed by atoms with Crippen molar-refractivity contribution in [1.29, 1.82) is 0 Å². The molecule has 1 aliphatic rings. The van der Waals surface area contributed by atoms with Crippen LogP contribution in [0.15, 0.2) is 78.9 Å². The van der Waals surface area contributed by atoms with E-state index in [0.29, 0.717) is 32.8 Å². The maximum Gasteiger partial charge on any atom is 0.267 e. The lowest BCUT2D eigenvalue weighted by Crippen LogP contribution is -2.38. The van der Waals surface area contributed by atoms with Gasteiger partial charge in [-0.15, -0.1) is 0 Å². The predicted molar refractivity (Wildman–Crippen MR) is 132 cm³/mol. The molecule has 166 valence electrons. The zero-order valence-electron chi connectivity index (χ0n) is 17.8. The second-order valence-corrected chi connectivity index (χ2v) is 9.10. The first-order chi connectivity index (χ1) is 16.1. The number of fused-ring (bicyclic) bond motifs is 1. The van der Waals surface area contributed by atoms with Gasteiger partial charge in [0.2, 0.25) is 0 Å². The number of methoxy groups -OCH3 is 1. The van der Waals surface area contributed by atoms with Crippen molar-refractivity contribution in [2.75, 3.05) is 12.4 Å². The number of aromatic nitrogens is 1. The van der Waals surface area contributed by atoms with Crippen molar-refractivity contribution in [3.63, 3.8) is 0 Å². The maximum absolute atomic E-state index is 12.9. The van der Waals surface area contributed by atoms with Gasteiger partial charge in [0.05, 0.1) is 7.11 Å². The van der Waals surface area contributed by atoms with E-state index in [1.54, 1.807) is 7.11 Å². The third kappa shape index (κ3) is 4.22. The number of benzene rings is 3. The summed E-state index contributed by atoms with van der Waals surface area (Å²) in [6.07, 6.45) is -0.443. The molecule has 0 fully saturated rings. The molecule has 0 spiro atoms. The van der Waals surface area contributed by atoms with Gasteiger partial charge in [-0.25, -0.2) is 0 Å². The molecule has 0 aliphatic carbocycles. The molecule has 0 saturated heterocycles. The molecular formula is C25H21N3O3S2. The number of nitrogens with zero attached hydrogens (tertiary/aromatic N) is 1. The largest absolute Gasteiger partial charge is 0.493 e. The maximum atomic E-state index is 12.9. The summed E-state index contributed by atoms with van der Waals surface area (Å²) < 4.78 is 14.0. The van der Waals surface area contributed by atoms with Crippen molar-refractivity contribution in [3.05, 3.63) is 98.8 Å². The van der Waals surface area contributed by atoms with Crippen molar-refractivity contribution in [3.8, 4) is 17.2 Å². The van der Waals surface area contributed by atoms with Crippen LogP contribution < -0.4 is 20.1 Å². The van der Waals surface area contributed by atoms with Gasteiger partial charge in [0.15, 0.2) is 15.5 Å². The fourth-order valence-electron chi connectivity index (χ4n) is 3.72. The quantitative estimate of drug-likeness (QED) is 0.350. The minimum absolute atomic E-state index is 0.164. The lowest BCUT2D eigenvalue weighted by molar-refractivity contribution is 0.0939. The SMILES string of the molecule is COc1cc([C@@H]2NC(=O)c3sc(=S)n(-c4ccccc4)c3N2)ccc1OCc1ccccc1. The molecule has 0 saturated carbocycles. The number of nitrogens with one attached hydrogen (secondary N) is 2. The average Bonchev–Trinajstić information content (AvgIpc) is 3.20. The second kappa shape index (κ2) is 9.09. The Hall–Kier alpha value is -3.62. The first-order valence-electron chi connectivity index (χ1n) is 10.4. The van der Waals surface area contributed by atoms with E-state index in [9.17, 15) is 4.79 Å². The summed E-state index contributed by atoms with van der Waals surface area (Å²) in [6.45, 7) is 0.436. The number of hydrogen-bond acceptors (Lipinski definition) is 6. The summed E-state index contributed by atoms with van der Waals surface area (Å²) in [6, 6.07) is 25.4. The lowest BCUT2D eigenvalue weighted by atomic mass is 10.1. The normalized spacial score (nSPS) is 14.7. The Morgan fingerprint density at radius 2 is 1.70 bits per heavy atom. The second-order valence-electron chi connectivity index (χ2n) is 7.45. The highest BCUT2D eigenvalue weighted by molar-refractivity contribution is 7.73. The Morgan fingerprint density at radius 1 is 0.970 bits per heavy atom. The fourth-order valence-corrected chi connectivity index (χ4v) is 5.03. The van der Waals surface area contributed by atoms with Crippen LogP contribution in [0.2, 0.25) is 0 Å². The first kappa shape index (κ1) is 21.2. The van der Waals surface area contributed by atoms with E-state index in [-0.39, 0.29) is 5.91 Å². The monoisotopic (exact) mass is 475 g/mol. The highest BCUT2D eigenvalue weighted by Gasteiger charge is 2.30. The molecule has 1 aliphatic heterocycles. The van der Waals surface area contributed by atoms with Gasteiger partial charge in [-0.05, 0) is 47.6 Å². The lowest BCUT2D eigenvalue weighted by Gasteiger charge is -2.27. The minimum atomic E-state index is -0.443. The van der Waals surface area contributed by atoms with Crippen LogP contribution in [0.5, 0.6) is 11.5 Å². The van der Waals surface area contributed by atoms with Gasteiger partial charge in [0.1, 0.15) is 23.5 Å². The molecule has 0 unspecified atom stereocenters. The molecule has 0 radical (unpaired) electrons. The van der Waals surface area contributed by atoms with E-state index in [0.717, 1.165) is 16.8 Å². The number of thiazole rings is 1. The Kier molecular flexibility index (Phi) is 5.85. The van der Waals surface area contributed by atoms with Crippen molar-refractivity contribution >= 4 is 35.3 Å². The molecule has 2 heterocycles. The molecular weight excluding hydrogens is 454 g/mol. The Labute approximate surface area is 200 Å². The smallest absolute Gasteiger partial charge is 0.267 e. The number of amides is 1. The van der Waals surface area contributed by atoms with Crippen molar-refractivity contribution in [2.24, 2.45) is 0 Å². The molecule has 6 nitrogen and oxygen atoms in total. The highest BCUT2D eigenvalue weighted by atomic mass is 32.1. The third-order valence-corrected chi connectivity index (χ3v) is 6.72. The minimum Gasteiger partial charge on any atom is -0.493 e. The molecule has 3 aromatic carbocycles. The van der Waals surface area contributed by atoms with Crippen LogP contribution >= 0.6 is 23.6 Å². The van der Waals surface area contributed by atoms with Crippen molar-refractivity contribution in [1.82, 2.24) is 9.88 Å². The van der Waals surface area contributed by atoms with E-state index in [1.807, 2.05) is 83.4 Å². The molecule has 1 amide bonds. The number of hydrogen-bond donors (Lipinski definition) is 2. The zero-order valence-corrected chi connectivity index (χ0v) is 19.4. The van der Waals surface area contributed by atoms with Crippen LogP contribution in [0.4, 0.5) is 5.82 Å². The van der Waals surface area contributed by atoms with Crippen LogP contribution in [0, 0.1) is 3.95 Å². The van der Waals surface area contributed by atoms with Gasteiger partial charge in [0.25, 0.3) is 5.91 Å². The summed E-state index contributed by atoms with van der Waals surface area (Å²) in [4.78, 5) is 13.5. The van der Waals surface area contributed by atoms with E-state index < -0.39 is 6.17 Å². The molecule has 5 rings (SSSR count). The number of carbonyl (C=O) groups excluding carboxylic acids is 1. The standard InChI is InChI=1S/C25H21N3O3S2/c1-30-20-14-17(12-13-19(20)31-15-16-8-4-2-5-9-16)22-26-23-21(24(29)27-22)33-25(32)28(23)18-10-6-3-7-11-18/h2-14,22,26H,15H2,1H3,(H,27,29)/t22-/m0/s1. The van der Waals surface area contributed by atoms with Gasteiger partial charge in [-0.1, -0.05) is 65.9 Å². The van der Waals surface area contributed by atoms with E-state index in [1.165, 1.54) is 11.3 Å². The topological polar surface area (TPSA) is 64.5 Å². The van der Waals surface area contributed by atoms with Crippen molar-refractivity contribution in [2.45, 2.75) is 12.8 Å². The Morgan fingerprint density at radius 3 is 2.42 bits per heavy atom. The van der Waals surface area contributed by atoms with E-state index >= 15 is 0 Å². The average molecular weight is 476 g/mol. The molecule has 1 aromatic heterocycles. The van der Waals surface area contributed by atoms with Crippen LogP contribution in [-0.4, -0.2) is 17.6 Å². The molecule has 1 atom stereocenters. The number of rotatable bonds is 6. The van der Waals surface area contributed by atoms with Gasteiger partial charge in [0, 0.05) is 5.69 Å². The Balaban J connectivity index is 1.43. The summed E-state index contributed by atoms with van der Waals surface area (Å²) in [5.74, 6) is 1.75. The molecule has 8 heteroatoms. The predicted octanol–water partition coefficient (Wildman–Crippen LogP) is 5.71. The molecule has 4 aromatic rings.